The van der Waals surface area contributed by atoms with E-state index in [1.54, 1.807) is 0 Å². The largest absolute Gasteiger partial charge is 0.478 e. The number of aromatic carboxylic acids is 1. The van der Waals surface area contributed by atoms with Gasteiger partial charge in [0.25, 0.3) is 0 Å². The molecule has 0 aliphatic rings. The van der Waals surface area contributed by atoms with Crippen LogP contribution in [0, 0.1) is 0 Å². The molecular formula is C31H54O3. The van der Waals surface area contributed by atoms with Crippen molar-refractivity contribution in [2.45, 2.75) is 143 Å². The normalized spacial score (nSPS) is 11.3. The Morgan fingerprint density at radius 3 is 1.71 bits per heavy atom. The lowest BCUT2D eigenvalue weighted by Crippen LogP contribution is -2.13. The van der Waals surface area contributed by atoms with Crippen molar-refractivity contribution in [1.82, 2.24) is 0 Å². The summed E-state index contributed by atoms with van der Waals surface area (Å²) in [5, 5.41) is 10.0. The molecule has 3 heteroatoms. The van der Waals surface area contributed by atoms with Gasteiger partial charge in [-0.2, -0.15) is 0 Å². The van der Waals surface area contributed by atoms with Crippen LogP contribution in [-0.2, 0) is 30.4 Å². The highest BCUT2D eigenvalue weighted by Crippen LogP contribution is 2.30. The van der Waals surface area contributed by atoms with Crippen LogP contribution in [0.5, 0.6) is 0 Å². The predicted molar refractivity (Wildman–Crippen MR) is 146 cm³/mol. The van der Waals surface area contributed by atoms with Gasteiger partial charge in [-0.05, 0) is 92.5 Å². The summed E-state index contributed by atoms with van der Waals surface area (Å²) in [6.45, 7) is 10.6. The third kappa shape index (κ3) is 11.9. The monoisotopic (exact) mass is 474 g/mol. The second-order valence-corrected chi connectivity index (χ2v) is 9.97. The summed E-state index contributed by atoms with van der Waals surface area (Å²) in [5.41, 5.74) is 5.82. The van der Waals surface area contributed by atoms with Crippen molar-refractivity contribution < 1.29 is 14.6 Å². The Balaban J connectivity index is 2.83. The minimum Gasteiger partial charge on any atom is -0.478 e. The summed E-state index contributed by atoms with van der Waals surface area (Å²) in [6.07, 6.45) is 20.6. The summed E-state index contributed by atoms with van der Waals surface area (Å²) in [4.78, 5) is 12.2. The lowest BCUT2D eigenvalue weighted by atomic mass is 9.83. The van der Waals surface area contributed by atoms with Crippen molar-refractivity contribution in [3.05, 3.63) is 33.9 Å². The molecule has 196 valence electrons. The first-order valence-electron chi connectivity index (χ1n) is 14.6. The molecule has 0 aliphatic carbocycles. The van der Waals surface area contributed by atoms with Gasteiger partial charge in [-0.25, -0.2) is 4.79 Å². The Bertz CT molecular complexity index is 665. The molecule has 34 heavy (non-hydrogen) atoms. The molecule has 1 aromatic rings. The van der Waals surface area contributed by atoms with Crippen LogP contribution in [0.2, 0.25) is 0 Å². The van der Waals surface area contributed by atoms with Gasteiger partial charge in [0, 0.05) is 13.2 Å². The average Bonchev–Trinajstić information content (AvgIpc) is 2.83. The van der Waals surface area contributed by atoms with E-state index < -0.39 is 5.97 Å². The van der Waals surface area contributed by atoms with Gasteiger partial charge in [0.2, 0.25) is 0 Å². The highest BCUT2D eigenvalue weighted by molar-refractivity contribution is 5.90. The van der Waals surface area contributed by atoms with Crippen LogP contribution in [-0.4, -0.2) is 24.3 Å². The van der Waals surface area contributed by atoms with Crippen LogP contribution in [0.15, 0.2) is 6.07 Å². The second kappa shape index (κ2) is 19.9. The number of rotatable bonds is 22. The number of hydrogen-bond donors (Lipinski definition) is 1. The zero-order valence-corrected chi connectivity index (χ0v) is 23.0. The summed E-state index contributed by atoms with van der Waals surface area (Å²) < 4.78 is 5.88. The van der Waals surface area contributed by atoms with E-state index in [1.165, 1.54) is 68.1 Å². The molecule has 0 fully saturated rings. The Labute approximate surface area is 211 Å². The molecule has 0 heterocycles. The number of carboxylic acid groups (broad SMARTS) is 1. The third-order valence-electron chi connectivity index (χ3n) is 6.96. The number of carboxylic acids is 1. The number of hydrogen-bond acceptors (Lipinski definition) is 2. The topological polar surface area (TPSA) is 46.5 Å². The van der Waals surface area contributed by atoms with Gasteiger partial charge < -0.3 is 9.84 Å². The zero-order valence-electron chi connectivity index (χ0n) is 23.0. The van der Waals surface area contributed by atoms with Crippen LogP contribution in [0.3, 0.4) is 0 Å². The van der Waals surface area contributed by atoms with Crippen molar-refractivity contribution in [3.8, 4) is 0 Å². The summed E-state index contributed by atoms with van der Waals surface area (Å²) in [6, 6.07) is 2.03. The molecule has 0 amide bonds. The lowest BCUT2D eigenvalue weighted by molar-refractivity contribution is 0.0695. The van der Waals surface area contributed by atoms with Gasteiger partial charge >= 0.3 is 5.97 Å². The predicted octanol–water partition coefficient (Wildman–Crippen LogP) is 9.11. The van der Waals surface area contributed by atoms with Gasteiger partial charge in [0.15, 0.2) is 0 Å². The fourth-order valence-corrected chi connectivity index (χ4v) is 4.87. The van der Waals surface area contributed by atoms with E-state index in [2.05, 4.69) is 27.7 Å². The fraction of sp³-hybridized carbons (Fsp3) is 0.774. The minimum atomic E-state index is -0.755. The van der Waals surface area contributed by atoms with E-state index in [0.29, 0.717) is 5.56 Å². The van der Waals surface area contributed by atoms with Crippen molar-refractivity contribution in [2.75, 3.05) is 13.2 Å². The Morgan fingerprint density at radius 2 is 1.12 bits per heavy atom. The molecule has 0 saturated carbocycles. The van der Waals surface area contributed by atoms with Crippen LogP contribution in [0.4, 0.5) is 0 Å². The highest BCUT2D eigenvalue weighted by atomic mass is 16.5. The molecule has 1 aromatic carbocycles. The Kier molecular flexibility index (Phi) is 18.0. The third-order valence-corrected chi connectivity index (χ3v) is 6.96. The molecule has 0 unspecified atom stereocenters. The van der Waals surface area contributed by atoms with E-state index in [9.17, 15) is 9.90 Å². The number of aryl methyl sites for hydroxylation is 1. The van der Waals surface area contributed by atoms with E-state index >= 15 is 0 Å². The first-order chi connectivity index (χ1) is 16.6. The quantitative estimate of drug-likeness (QED) is 0.170. The van der Waals surface area contributed by atoms with E-state index in [1.807, 2.05) is 6.07 Å². The van der Waals surface area contributed by atoms with E-state index in [-0.39, 0.29) is 0 Å². The molecule has 1 N–H and O–H groups in total. The number of ether oxygens (including phenoxy) is 1. The Hall–Kier alpha value is -1.35. The van der Waals surface area contributed by atoms with Crippen LogP contribution < -0.4 is 0 Å². The molecule has 0 radical (unpaired) electrons. The van der Waals surface area contributed by atoms with Gasteiger partial charge in [-0.1, -0.05) is 79.1 Å². The second-order valence-electron chi connectivity index (χ2n) is 9.97. The van der Waals surface area contributed by atoms with E-state index in [0.717, 1.165) is 83.0 Å². The maximum absolute atomic E-state index is 12.2. The molecule has 0 bridgehead atoms. The zero-order chi connectivity index (χ0) is 25.0. The maximum atomic E-state index is 12.2. The summed E-state index contributed by atoms with van der Waals surface area (Å²) >= 11 is 0. The molecule has 1 rings (SSSR count). The van der Waals surface area contributed by atoms with Crippen molar-refractivity contribution in [1.29, 1.82) is 0 Å². The fourth-order valence-electron chi connectivity index (χ4n) is 4.87. The smallest absolute Gasteiger partial charge is 0.335 e. The van der Waals surface area contributed by atoms with Crippen LogP contribution in [0.25, 0.3) is 0 Å². The average molecular weight is 475 g/mol. The van der Waals surface area contributed by atoms with Gasteiger partial charge in [-0.15, -0.1) is 0 Å². The van der Waals surface area contributed by atoms with Gasteiger partial charge in [-0.3, -0.25) is 0 Å². The standard InChI is InChI=1S/C31H54O3/c1-5-9-13-14-15-17-23-34-24-18-16-19-26-25-30(31(32)33)29(22-12-8-4)28(21-11-7-3)27(26)20-10-6-2/h25H,5-24H2,1-4H3,(H,32,33). The molecule has 3 nitrogen and oxygen atoms in total. The van der Waals surface area contributed by atoms with Crippen molar-refractivity contribution >= 4 is 5.97 Å². The van der Waals surface area contributed by atoms with Crippen LogP contribution >= 0.6 is 0 Å². The minimum absolute atomic E-state index is 0.564. The number of unbranched alkanes of at least 4 members (excludes halogenated alkanes) is 9. The number of benzene rings is 1. The number of carbonyl (C=O) groups is 1. The lowest BCUT2D eigenvalue weighted by Gasteiger charge is -2.22. The molecule has 0 spiro atoms. The molecule has 0 atom stereocenters. The maximum Gasteiger partial charge on any atom is 0.335 e. The summed E-state index contributed by atoms with van der Waals surface area (Å²) in [7, 11) is 0. The van der Waals surface area contributed by atoms with Crippen molar-refractivity contribution in [2.24, 2.45) is 0 Å². The molecule has 0 aliphatic heterocycles. The van der Waals surface area contributed by atoms with Crippen LogP contribution in [0.1, 0.15) is 150 Å². The SMILES string of the molecule is CCCCCCCCOCCCCc1cc(C(=O)O)c(CCCC)c(CCCC)c1CCCC. The van der Waals surface area contributed by atoms with E-state index in [4.69, 9.17) is 4.74 Å². The van der Waals surface area contributed by atoms with Gasteiger partial charge in [0.1, 0.15) is 0 Å². The molecular weight excluding hydrogens is 420 g/mol. The van der Waals surface area contributed by atoms with Gasteiger partial charge in [0.05, 0.1) is 5.56 Å². The molecule has 0 saturated heterocycles. The summed E-state index contributed by atoms with van der Waals surface area (Å²) in [5.74, 6) is -0.755. The first kappa shape index (κ1) is 30.7. The molecule has 0 aromatic heterocycles. The van der Waals surface area contributed by atoms with Crippen molar-refractivity contribution in [3.63, 3.8) is 0 Å². The Morgan fingerprint density at radius 1 is 0.618 bits per heavy atom. The highest BCUT2D eigenvalue weighted by Gasteiger charge is 2.20. The first-order valence-corrected chi connectivity index (χ1v) is 14.6.